The Kier molecular flexibility index (Phi) is 2.88. The van der Waals surface area contributed by atoms with Gasteiger partial charge >= 0.3 is 0 Å². The number of rotatable bonds is 2. The highest BCUT2D eigenvalue weighted by molar-refractivity contribution is 9.10. The van der Waals surface area contributed by atoms with Gasteiger partial charge in [0.15, 0.2) is 0 Å². The molecular weight excluding hydrogens is 278 g/mol. The van der Waals surface area contributed by atoms with Gasteiger partial charge in [-0.2, -0.15) is 0 Å². The lowest BCUT2D eigenvalue weighted by atomic mass is 10.4. The van der Waals surface area contributed by atoms with Gasteiger partial charge in [-0.1, -0.05) is 0 Å². The van der Waals surface area contributed by atoms with Gasteiger partial charge in [-0.3, -0.25) is 9.78 Å². The molecule has 2 aromatic rings. The van der Waals surface area contributed by atoms with Crippen LogP contribution in [0.25, 0.3) is 0 Å². The van der Waals surface area contributed by atoms with Crippen molar-refractivity contribution >= 4 is 33.0 Å². The lowest BCUT2D eigenvalue weighted by Gasteiger charge is -2.05. The number of nitrogen functional groups attached to an aromatic ring is 1. The maximum absolute atomic E-state index is 11.7. The predicted molar refractivity (Wildman–Crippen MR) is 64.0 cm³/mol. The van der Waals surface area contributed by atoms with E-state index in [1.54, 1.807) is 28.5 Å². The van der Waals surface area contributed by atoms with Gasteiger partial charge in [-0.25, -0.2) is 0 Å². The van der Waals surface area contributed by atoms with Crippen LogP contribution >= 0.6 is 27.3 Å². The zero-order valence-corrected chi connectivity index (χ0v) is 10.1. The molecule has 0 spiro atoms. The number of anilines is 1. The van der Waals surface area contributed by atoms with Crippen molar-refractivity contribution in [3.8, 4) is 0 Å². The molecule has 0 aliphatic heterocycles. The van der Waals surface area contributed by atoms with Crippen molar-refractivity contribution in [2.45, 2.75) is 6.54 Å². The molecule has 78 valence electrons. The van der Waals surface area contributed by atoms with E-state index in [0.29, 0.717) is 16.7 Å². The molecule has 0 aliphatic carbocycles. The second-order valence-electron chi connectivity index (χ2n) is 3.02. The number of aromatic nitrogens is 2. The zero-order chi connectivity index (χ0) is 10.8. The summed E-state index contributed by atoms with van der Waals surface area (Å²) in [4.78, 5) is 16.7. The molecule has 4 nitrogen and oxygen atoms in total. The second kappa shape index (κ2) is 4.16. The van der Waals surface area contributed by atoms with E-state index >= 15 is 0 Å². The topological polar surface area (TPSA) is 60.9 Å². The van der Waals surface area contributed by atoms with E-state index in [1.807, 2.05) is 0 Å². The Balaban J connectivity index is 2.41. The first kappa shape index (κ1) is 10.4. The monoisotopic (exact) mass is 285 g/mol. The highest BCUT2D eigenvalue weighted by Gasteiger charge is 2.04. The van der Waals surface area contributed by atoms with Gasteiger partial charge in [-0.15, -0.1) is 11.3 Å². The second-order valence-corrected chi connectivity index (χ2v) is 4.85. The van der Waals surface area contributed by atoms with Crippen LogP contribution in [0.2, 0.25) is 0 Å². The van der Waals surface area contributed by atoms with Crippen LogP contribution in [0.3, 0.4) is 0 Å². The average Bonchev–Trinajstić information content (AvgIpc) is 2.66. The lowest BCUT2D eigenvalue weighted by Crippen LogP contribution is -2.20. The van der Waals surface area contributed by atoms with Gasteiger partial charge in [0.2, 0.25) is 0 Å². The van der Waals surface area contributed by atoms with Crippen LogP contribution in [-0.4, -0.2) is 9.55 Å². The van der Waals surface area contributed by atoms with Crippen molar-refractivity contribution in [1.82, 2.24) is 9.55 Å². The average molecular weight is 286 g/mol. The fourth-order valence-corrected chi connectivity index (χ4v) is 2.31. The highest BCUT2D eigenvalue weighted by Crippen LogP contribution is 2.11. The van der Waals surface area contributed by atoms with Crippen molar-refractivity contribution in [1.29, 1.82) is 0 Å². The van der Waals surface area contributed by atoms with E-state index in [-0.39, 0.29) is 5.56 Å². The van der Waals surface area contributed by atoms with E-state index in [0.717, 1.165) is 4.88 Å². The number of hydrogen-bond acceptors (Lipinski definition) is 4. The summed E-state index contributed by atoms with van der Waals surface area (Å²) in [6.07, 6.45) is 3.38. The quantitative estimate of drug-likeness (QED) is 0.914. The Morgan fingerprint density at radius 1 is 1.60 bits per heavy atom. The molecule has 0 aromatic carbocycles. The summed E-state index contributed by atoms with van der Waals surface area (Å²) in [6, 6.07) is 1.60. The third kappa shape index (κ3) is 2.27. The van der Waals surface area contributed by atoms with Gasteiger partial charge in [0.05, 0.1) is 16.5 Å². The Bertz CT molecular complexity index is 521. The third-order valence-corrected chi connectivity index (χ3v) is 3.21. The predicted octanol–water partition coefficient (Wildman–Crippen LogP) is 1.70. The van der Waals surface area contributed by atoms with Crippen molar-refractivity contribution in [3.63, 3.8) is 0 Å². The van der Waals surface area contributed by atoms with E-state index in [2.05, 4.69) is 20.9 Å². The maximum atomic E-state index is 11.7. The van der Waals surface area contributed by atoms with Crippen molar-refractivity contribution in [2.24, 2.45) is 0 Å². The number of pyridine rings is 1. The molecule has 0 aliphatic rings. The van der Waals surface area contributed by atoms with Crippen LogP contribution in [0.1, 0.15) is 4.88 Å². The number of nitrogens with zero attached hydrogens (tertiary/aromatic N) is 2. The summed E-state index contributed by atoms with van der Waals surface area (Å²) in [5.41, 5.74) is 7.87. The molecule has 0 unspecified atom stereocenters. The van der Waals surface area contributed by atoms with Crippen LogP contribution in [0.5, 0.6) is 0 Å². The summed E-state index contributed by atoms with van der Waals surface area (Å²) < 4.78 is 2.04. The van der Waals surface area contributed by atoms with Gasteiger partial charge in [0.1, 0.15) is 0 Å². The van der Waals surface area contributed by atoms with Crippen LogP contribution in [-0.2, 0) is 6.54 Å². The van der Waals surface area contributed by atoms with E-state index in [4.69, 9.17) is 5.73 Å². The van der Waals surface area contributed by atoms with E-state index in [9.17, 15) is 4.79 Å². The summed E-state index contributed by atoms with van der Waals surface area (Å²) in [6.45, 7) is 0.507. The third-order valence-electron chi connectivity index (χ3n) is 1.87. The first-order valence-electron chi connectivity index (χ1n) is 4.19. The largest absolute Gasteiger partial charge is 0.398 e. The first-order chi connectivity index (χ1) is 7.16. The van der Waals surface area contributed by atoms with Gasteiger partial charge < -0.3 is 10.3 Å². The Hall–Kier alpha value is -1.14. The SMILES string of the molecule is Nc1cc(Br)c(=O)n(Cc2cncs2)c1. The fraction of sp³-hybridized carbons (Fsp3) is 0.111. The number of thiazole rings is 1. The standard InChI is InChI=1S/C9H8BrN3OS/c10-8-1-6(11)3-13(9(8)14)4-7-2-12-5-15-7/h1-3,5H,4,11H2. The lowest BCUT2D eigenvalue weighted by molar-refractivity contribution is 0.766. The minimum Gasteiger partial charge on any atom is -0.398 e. The normalized spacial score (nSPS) is 10.5. The molecule has 0 bridgehead atoms. The Labute approximate surface area is 98.5 Å². The van der Waals surface area contributed by atoms with E-state index < -0.39 is 0 Å². The Morgan fingerprint density at radius 3 is 3.07 bits per heavy atom. The molecule has 0 saturated carbocycles. The minimum absolute atomic E-state index is 0.0856. The van der Waals surface area contributed by atoms with Crippen LogP contribution in [0, 0.1) is 0 Å². The summed E-state index contributed by atoms with van der Waals surface area (Å²) in [7, 11) is 0. The number of hydrogen-bond donors (Lipinski definition) is 1. The summed E-state index contributed by atoms with van der Waals surface area (Å²) in [5.74, 6) is 0. The molecule has 0 radical (unpaired) electrons. The van der Waals surface area contributed by atoms with Crippen LogP contribution < -0.4 is 11.3 Å². The van der Waals surface area contributed by atoms with E-state index in [1.165, 1.54) is 11.3 Å². The molecule has 2 aromatic heterocycles. The smallest absolute Gasteiger partial charge is 0.265 e. The molecule has 2 rings (SSSR count). The summed E-state index contributed by atoms with van der Waals surface area (Å²) in [5, 5.41) is 0. The minimum atomic E-state index is -0.0856. The molecule has 2 heterocycles. The molecule has 0 fully saturated rings. The Morgan fingerprint density at radius 2 is 2.40 bits per heavy atom. The molecule has 0 amide bonds. The molecule has 0 atom stereocenters. The fourth-order valence-electron chi connectivity index (χ4n) is 1.23. The molecule has 2 N–H and O–H groups in total. The summed E-state index contributed by atoms with van der Waals surface area (Å²) >= 11 is 4.69. The van der Waals surface area contributed by atoms with Gasteiger partial charge in [-0.05, 0) is 22.0 Å². The van der Waals surface area contributed by atoms with Crippen molar-refractivity contribution in [2.75, 3.05) is 5.73 Å². The molecule has 15 heavy (non-hydrogen) atoms. The van der Waals surface area contributed by atoms with Crippen molar-refractivity contribution < 1.29 is 0 Å². The molecular formula is C9H8BrN3OS. The maximum Gasteiger partial charge on any atom is 0.265 e. The molecule has 6 heteroatoms. The van der Waals surface area contributed by atoms with Crippen LogP contribution in [0.4, 0.5) is 5.69 Å². The van der Waals surface area contributed by atoms with Gasteiger partial charge in [0, 0.05) is 23.0 Å². The molecule has 0 saturated heterocycles. The first-order valence-corrected chi connectivity index (χ1v) is 5.87. The number of halogens is 1. The highest BCUT2D eigenvalue weighted by atomic mass is 79.9. The number of nitrogens with two attached hydrogens (primary N) is 1. The van der Waals surface area contributed by atoms with Crippen molar-refractivity contribution in [3.05, 3.63) is 43.7 Å². The van der Waals surface area contributed by atoms with Crippen LogP contribution in [0.15, 0.2) is 33.2 Å². The van der Waals surface area contributed by atoms with Gasteiger partial charge in [0.25, 0.3) is 5.56 Å². The zero-order valence-electron chi connectivity index (χ0n) is 7.68.